The van der Waals surface area contributed by atoms with Crippen molar-refractivity contribution in [2.75, 3.05) is 0 Å². The second-order valence-electron chi connectivity index (χ2n) is 8.49. The number of nitrogens with zero attached hydrogens (tertiary/aromatic N) is 2. The minimum atomic E-state index is -4.84. The Morgan fingerprint density at radius 3 is 2.44 bits per heavy atom. The Morgan fingerprint density at radius 1 is 1.21 bits per heavy atom. The molecule has 0 aromatic heterocycles. The van der Waals surface area contributed by atoms with Gasteiger partial charge in [-0.25, -0.2) is 4.39 Å². The summed E-state index contributed by atoms with van der Waals surface area (Å²) >= 11 is 14.8. The highest BCUT2D eigenvalue weighted by atomic mass is 79.9. The molecule has 1 aromatic carbocycles. The van der Waals surface area contributed by atoms with Crippen molar-refractivity contribution in [1.29, 1.82) is 0 Å². The van der Waals surface area contributed by atoms with Crippen molar-refractivity contribution in [2.45, 2.75) is 57.2 Å². The minimum Gasteiger partial charge on any atom is -0.375 e. The summed E-state index contributed by atoms with van der Waals surface area (Å²) < 4.78 is 57.2. The fourth-order valence-corrected chi connectivity index (χ4v) is 5.21. The zero-order valence-corrected chi connectivity index (χ0v) is 21.1. The molecule has 1 N–H and O–H groups in total. The summed E-state index contributed by atoms with van der Waals surface area (Å²) in [6.45, 7) is 3.91. The third-order valence-electron chi connectivity index (χ3n) is 6.15. The second-order valence-corrected chi connectivity index (χ2v) is 10.2. The molecule has 5 nitrogen and oxygen atoms in total. The van der Waals surface area contributed by atoms with Gasteiger partial charge in [0.15, 0.2) is 12.0 Å². The molecule has 12 heteroatoms. The van der Waals surface area contributed by atoms with E-state index in [1.807, 2.05) is 26.0 Å². The first-order valence-electron chi connectivity index (χ1n) is 10.4. The van der Waals surface area contributed by atoms with Crippen molar-refractivity contribution in [3.05, 3.63) is 56.9 Å². The number of benzene rings is 1. The van der Waals surface area contributed by atoms with E-state index in [1.54, 1.807) is 0 Å². The monoisotopic (exact) mass is 583 g/mol. The summed E-state index contributed by atoms with van der Waals surface area (Å²) in [4.78, 5) is 10.3. The van der Waals surface area contributed by atoms with Gasteiger partial charge in [0.25, 0.3) is 5.60 Å². The standard InChI is InChI=1S/C22H20BrCl2F4N3O2/c1-10-5-12(3-4-14(10)11(2)30-19-8-18(23)32-33-19)17-9-21(34-31-17,22(27,28)29)13-6-15(24)20(26)16(25)7-13/h3-4,6-7,11-12,19,30H,5,8-9H2,1-2H3/t11?,12?,19?,21-/m0/s1. The first-order chi connectivity index (χ1) is 15.9. The smallest absolute Gasteiger partial charge is 0.375 e. The fourth-order valence-electron chi connectivity index (χ4n) is 4.34. The maximum Gasteiger partial charge on any atom is 0.435 e. The predicted octanol–water partition coefficient (Wildman–Crippen LogP) is 6.99. The summed E-state index contributed by atoms with van der Waals surface area (Å²) in [5, 5.41) is 9.96. The van der Waals surface area contributed by atoms with Gasteiger partial charge in [0, 0.05) is 23.9 Å². The van der Waals surface area contributed by atoms with Crippen molar-refractivity contribution in [2.24, 2.45) is 16.2 Å². The van der Waals surface area contributed by atoms with E-state index in [-0.39, 0.29) is 23.9 Å². The van der Waals surface area contributed by atoms with E-state index in [0.29, 0.717) is 12.8 Å². The third kappa shape index (κ3) is 4.74. The SMILES string of the molecule is CC1=C(C(C)NC2CC(Br)=NO2)C=CC(C2=NO[C@@](c3cc(Cl)c(F)c(Cl)c3)(C(F)(F)F)C2)C1. The molecule has 34 heavy (non-hydrogen) atoms. The number of hydrogen-bond donors (Lipinski definition) is 1. The molecule has 0 fully saturated rings. The van der Waals surface area contributed by atoms with Crippen LogP contribution in [0.5, 0.6) is 0 Å². The van der Waals surface area contributed by atoms with Gasteiger partial charge in [0.2, 0.25) is 0 Å². The average molecular weight is 585 g/mol. The van der Waals surface area contributed by atoms with E-state index in [1.165, 1.54) is 0 Å². The summed E-state index contributed by atoms with van der Waals surface area (Å²) in [7, 11) is 0. The Labute approximate surface area is 211 Å². The van der Waals surface area contributed by atoms with Crippen molar-refractivity contribution >= 4 is 49.5 Å². The molecular weight excluding hydrogens is 565 g/mol. The number of hydrogen-bond acceptors (Lipinski definition) is 5. The summed E-state index contributed by atoms with van der Waals surface area (Å²) in [5.41, 5.74) is -0.935. The number of allylic oxidation sites excluding steroid dienone is 2. The molecule has 0 amide bonds. The zero-order valence-electron chi connectivity index (χ0n) is 18.0. The van der Waals surface area contributed by atoms with Gasteiger partial charge in [0.05, 0.1) is 22.2 Å². The highest BCUT2D eigenvalue weighted by Crippen LogP contribution is 2.50. The van der Waals surface area contributed by atoms with Crippen LogP contribution in [0.3, 0.4) is 0 Å². The average Bonchev–Trinajstić information content (AvgIpc) is 3.38. The molecule has 4 rings (SSSR count). The molecule has 0 saturated carbocycles. The molecule has 0 bridgehead atoms. The Hall–Kier alpha value is -1.62. The van der Waals surface area contributed by atoms with Crippen molar-refractivity contribution in [1.82, 2.24) is 5.32 Å². The van der Waals surface area contributed by atoms with Crippen LogP contribution in [0.4, 0.5) is 17.6 Å². The molecule has 1 aromatic rings. The van der Waals surface area contributed by atoms with Gasteiger partial charge in [-0.2, -0.15) is 13.2 Å². The van der Waals surface area contributed by atoms with Gasteiger partial charge in [-0.05, 0) is 53.9 Å². The second kappa shape index (κ2) is 9.44. The van der Waals surface area contributed by atoms with Gasteiger partial charge < -0.3 is 9.68 Å². The number of halogens is 7. The molecule has 3 unspecified atom stereocenters. The van der Waals surface area contributed by atoms with Gasteiger partial charge in [0.1, 0.15) is 4.62 Å². The first-order valence-corrected chi connectivity index (χ1v) is 11.9. The van der Waals surface area contributed by atoms with Gasteiger partial charge >= 0.3 is 6.18 Å². The molecule has 0 saturated heterocycles. The van der Waals surface area contributed by atoms with E-state index >= 15 is 0 Å². The molecule has 0 spiro atoms. The van der Waals surface area contributed by atoms with E-state index in [2.05, 4.69) is 31.6 Å². The number of oxime groups is 2. The van der Waals surface area contributed by atoms with Crippen LogP contribution in [0, 0.1) is 11.7 Å². The molecule has 0 radical (unpaired) electrons. The van der Waals surface area contributed by atoms with Crippen molar-refractivity contribution in [3.63, 3.8) is 0 Å². The highest BCUT2D eigenvalue weighted by molar-refractivity contribution is 9.18. The number of alkyl halides is 3. The quantitative estimate of drug-likeness (QED) is 0.300. The Kier molecular flexibility index (Phi) is 7.07. The molecular formula is C22H20BrCl2F4N3O2. The molecule has 3 aliphatic rings. The minimum absolute atomic E-state index is 0.0599. The summed E-state index contributed by atoms with van der Waals surface area (Å²) in [6, 6.07) is 1.71. The lowest BCUT2D eigenvalue weighted by atomic mass is 9.80. The lowest BCUT2D eigenvalue weighted by Gasteiger charge is -2.30. The zero-order chi connectivity index (χ0) is 24.8. The molecule has 2 aliphatic heterocycles. The van der Waals surface area contributed by atoms with Crippen molar-refractivity contribution < 1.29 is 27.2 Å². The van der Waals surface area contributed by atoms with Crippen molar-refractivity contribution in [3.8, 4) is 0 Å². The first kappa shape index (κ1) is 25.5. The molecule has 4 atom stereocenters. The van der Waals surface area contributed by atoms with Crippen LogP contribution in [0.25, 0.3) is 0 Å². The Balaban J connectivity index is 1.51. The summed E-state index contributed by atoms with van der Waals surface area (Å²) in [6.07, 6.45) is -0.867. The largest absolute Gasteiger partial charge is 0.435 e. The Morgan fingerprint density at radius 2 is 1.88 bits per heavy atom. The van der Waals surface area contributed by atoms with Crippen LogP contribution >= 0.6 is 39.1 Å². The van der Waals surface area contributed by atoms with Crippen LogP contribution in [-0.2, 0) is 15.3 Å². The van der Waals surface area contributed by atoms with Crippen LogP contribution in [-0.4, -0.2) is 28.8 Å². The van der Waals surface area contributed by atoms with E-state index in [4.69, 9.17) is 32.9 Å². The van der Waals surface area contributed by atoms with E-state index < -0.39 is 39.6 Å². The maximum absolute atomic E-state index is 14.2. The number of nitrogens with one attached hydrogen (secondary N) is 1. The van der Waals surface area contributed by atoms with Crippen LogP contribution in [0.15, 0.2) is 45.7 Å². The van der Waals surface area contributed by atoms with Crippen LogP contribution < -0.4 is 5.32 Å². The topological polar surface area (TPSA) is 55.2 Å². The maximum atomic E-state index is 14.2. The lowest BCUT2D eigenvalue weighted by Crippen LogP contribution is -2.43. The van der Waals surface area contributed by atoms with Gasteiger partial charge in [-0.1, -0.05) is 51.2 Å². The summed E-state index contributed by atoms with van der Waals surface area (Å²) in [5.74, 6) is -1.37. The normalized spacial score (nSPS) is 27.9. The van der Waals surface area contributed by atoms with Crippen LogP contribution in [0.1, 0.15) is 38.7 Å². The van der Waals surface area contributed by atoms with Crippen LogP contribution in [0.2, 0.25) is 10.0 Å². The van der Waals surface area contributed by atoms with E-state index in [9.17, 15) is 17.6 Å². The molecule has 184 valence electrons. The molecule has 1 aliphatic carbocycles. The third-order valence-corrected chi connectivity index (χ3v) is 7.17. The molecule has 2 heterocycles. The number of rotatable bonds is 5. The Bertz CT molecular complexity index is 1100. The van der Waals surface area contributed by atoms with Gasteiger partial charge in [-0.15, -0.1) is 0 Å². The van der Waals surface area contributed by atoms with Gasteiger partial charge in [-0.3, -0.25) is 5.32 Å². The lowest BCUT2D eigenvalue weighted by molar-refractivity contribution is -0.275. The highest BCUT2D eigenvalue weighted by Gasteiger charge is 2.62. The fraction of sp³-hybridized carbons (Fsp3) is 0.455. The predicted molar refractivity (Wildman–Crippen MR) is 126 cm³/mol. The van der Waals surface area contributed by atoms with E-state index in [0.717, 1.165) is 27.9 Å².